The lowest BCUT2D eigenvalue weighted by atomic mass is 10.2. The molecule has 180 valence electrons. The first kappa shape index (κ1) is 23.8. The van der Waals surface area contributed by atoms with Crippen molar-refractivity contribution >= 4 is 39.4 Å². The molecule has 35 heavy (non-hydrogen) atoms. The lowest BCUT2D eigenvalue weighted by molar-refractivity contribution is -0.119. The maximum Gasteiger partial charge on any atom is 0.264 e. The highest BCUT2D eigenvalue weighted by Crippen LogP contribution is 2.32. The van der Waals surface area contributed by atoms with Gasteiger partial charge in [-0.1, -0.05) is 18.2 Å². The van der Waals surface area contributed by atoms with Crippen molar-refractivity contribution in [2.45, 2.75) is 11.8 Å². The lowest BCUT2D eigenvalue weighted by Crippen LogP contribution is -2.39. The first-order valence-electron chi connectivity index (χ1n) is 10.5. The molecule has 0 aromatic heterocycles. The van der Waals surface area contributed by atoms with Gasteiger partial charge in [0.25, 0.3) is 15.9 Å². The maximum absolute atomic E-state index is 13.4. The fourth-order valence-corrected chi connectivity index (χ4v) is 4.71. The summed E-state index contributed by atoms with van der Waals surface area (Å²) in [5.41, 5.74) is 3.80. The Labute approximate surface area is 202 Å². The summed E-state index contributed by atoms with van der Waals surface area (Å²) in [6, 6.07) is 19.1. The van der Waals surface area contributed by atoms with Crippen LogP contribution < -0.4 is 24.5 Å². The minimum atomic E-state index is -4.10. The second-order valence-electron chi connectivity index (χ2n) is 7.46. The number of ether oxygens (including phenoxy) is 2. The normalized spacial score (nSPS) is 12.4. The molecule has 0 spiro atoms. The van der Waals surface area contributed by atoms with Gasteiger partial charge in [-0.2, -0.15) is 5.10 Å². The molecule has 0 saturated carbocycles. The zero-order valence-corrected chi connectivity index (χ0v) is 19.5. The van der Waals surface area contributed by atoms with Crippen LogP contribution in [0.15, 0.2) is 82.8 Å². The standard InChI is InChI=1S/C24H22N4O6S/c1-17(29)26-19-8-10-21(11-9-19)35(31,32)28(20-5-3-2-4-6-20)15-24(30)27-25-14-18-7-12-22-23(13-18)34-16-33-22/h2-14H,15-16H2,1H3,(H,26,29)(H,27,30). The van der Waals surface area contributed by atoms with Gasteiger partial charge in [-0.15, -0.1) is 0 Å². The topological polar surface area (TPSA) is 126 Å². The predicted molar refractivity (Wildman–Crippen MR) is 130 cm³/mol. The van der Waals surface area contributed by atoms with Crippen LogP contribution in [-0.2, 0) is 19.6 Å². The number of carbonyl (C=O) groups excluding carboxylic acids is 2. The molecule has 0 aliphatic carbocycles. The van der Waals surface area contributed by atoms with E-state index >= 15 is 0 Å². The number of nitrogens with zero attached hydrogens (tertiary/aromatic N) is 2. The third kappa shape index (κ3) is 5.76. The minimum Gasteiger partial charge on any atom is -0.454 e. The van der Waals surface area contributed by atoms with E-state index in [2.05, 4.69) is 15.8 Å². The molecular formula is C24H22N4O6S. The van der Waals surface area contributed by atoms with E-state index in [1.165, 1.54) is 37.4 Å². The summed E-state index contributed by atoms with van der Waals surface area (Å²) in [5, 5.41) is 6.51. The van der Waals surface area contributed by atoms with Gasteiger partial charge in [0.05, 0.1) is 16.8 Å². The average molecular weight is 495 g/mol. The van der Waals surface area contributed by atoms with E-state index in [4.69, 9.17) is 9.47 Å². The summed E-state index contributed by atoms with van der Waals surface area (Å²) in [6.07, 6.45) is 1.42. The van der Waals surface area contributed by atoms with E-state index in [1.54, 1.807) is 48.5 Å². The van der Waals surface area contributed by atoms with Crippen molar-refractivity contribution in [2.75, 3.05) is 23.0 Å². The summed E-state index contributed by atoms with van der Waals surface area (Å²) >= 11 is 0. The van der Waals surface area contributed by atoms with E-state index in [1.807, 2.05) is 0 Å². The zero-order chi connectivity index (χ0) is 24.8. The second kappa shape index (κ2) is 10.3. The number of benzene rings is 3. The number of amides is 2. The van der Waals surface area contributed by atoms with Crippen LogP contribution in [-0.4, -0.2) is 39.8 Å². The summed E-state index contributed by atoms with van der Waals surface area (Å²) in [4.78, 5) is 23.8. The molecule has 0 saturated heterocycles. The number of anilines is 2. The summed E-state index contributed by atoms with van der Waals surface area (Å²) in [5.74, 6) is 0.292. The minimum absolute atomic E-state index is 0.0351. The van der Waals surface area contributed by atoms with Crippen LogP contribution >= 0.6 is 0 Å². The number of fused-ring (bicyclic) bond motifs is 1. The van der Waals surface area contributed by atoms with Crippen LogP contribution in [0.25, 0.3) is 0 Å². The molecule has 1 aliphatic rings. The van der Waals surface area contributed by atoms with Gasteiger partial charge in [0.1, 0.15) is 6.54 Å². The SMILES string of the molecule is CC(=O)Nc1ccc(S(=O)(=O)N(CC(=O)NN=Cc2ccc3c(c2)OCO3)c2ccccc2)cc1. The van der Waals surface area contributed by atoms with Gasteiger partial charge in [-0.05, 0) is 60.2 Å². The molecule has 0 unspecified atom stereocenters. The van der Waals surface area contributed by atoms with Gasteiger partial charge in [-0.25, -0.2) is 13.8 Å². The molecule has 0 bridgehead atoms. The number of carbonyl (C=O) groups is 2. The monoisotopic (exact) mass is 494 g/mol. The zero-order valence-electron chi connectivity index (χ0n) is 18.7. The van der Waals surface area contributed by atoms with Crippen molar-refractivity contribution in [2.24, 2.45) is 5.10 Å². The Kier molecular flexibility index (Phi) is 6.97. The first-order chi connectivity index (χ1) is 16.8. The molecule has 0 fully saturated rings. The molecule has 3 aromatic carbocycles. The predicted octanol–water partition coefficient (Wildman–Crippen LogP) is 2.72. The number of hydrogen-bond donors (Lipinski definition) is 2. The Morgan fingerprint density at radius 1 is 1.00 bits per heavy atom. The van der Waals surface area contributed by atoms with Crippen LogP contribution in [0.5, 0.6) is 11.5 Å². The van der Waals surface area contributed by atoms with E-state index in [0.717, 1.165) is 4.31 Å². The van der Waals surface area contributed by atoms with Crippen molar-refractivity contribution in [1.82, 2.24) is 5.43 Å². The van der Waals surface area contributed by atoms with Gasteiger partial charge < -0.3 is 14.8 Å². The highest BCUT2D eigenvalue weighted by atomic mass is 32.2. The molecule has 2 amide bonds. The third-order valence-corrected chi connectivity index (χ3v) is 6.68. The van der Waals surface area contributed by atoms with Crippen LogP contribution in [0.2, 0.25) is 0 Å². The van der Waals surface area contributed by atoms with Crippen molar-refractivity contribution in [3.8, 4) is 11.5 Å². The number of nitrogens with one attached hydrogen (secondary N) is 2. The summed E-state index contributed by atoms with van der Waals surface area (Å²) < 4.78 is 38.4. The largest absolute Gasteiger partial charge is 0.454 e. The molecule has 4 rings (SSSR count). The van der Waals surface area contributed by atoms with E-state index in [0.29, 0.717) is 28.4 Å². The van der Waals surface area contributed by atoms with E-state index < -0.39 is 22.5 Å². The van der Waals surface area contributed by atoms with Crippen molar-refractivity contribution < 1.29 is 27.5 Å². The number of hydrogen-bond acceptors (Lipinski definition) is 7. The van der Waals surface area contributed by atoms with Gasteiger partial charge in [0, 0.05) is 12.6 Å². The fraction of sp³-hybridized carbons (Fsp3) is 0.125. The molecule has 10 nitrogen and oxygen atoms in total. The molecular weight excluding hydrogens is 472 g/mol. The lowest BCUT2D eigenvalue weighted by Gasteiger charge is -2.23. The Hall–Kier alpha value is -4.38. The van der Waals surface area contributed by atoms with Gasteiger partial charge in [0.15, 0.2) is 11.5 Å². The van der Waals surface area contributed by atoms with Crippen molar-refractivity contribution in [1.29, 1.82) is 0 Å². The van der Waals surface area contributed by atoms with Gasteiger partial charge >= 0.3 is 0 Å². The highest BCUT2D eigenvalue weighted by molar-refractivity contribution is 7.92. The van der Waals surface area contributed by atoms with Crippen LogP contribution in [0.4, 0.5) is 11.4 Å². The number of hydrazone groups is 1. The fourth-order valence-electron chi connectivity index (χ4n) is 3.29. The van der Waals surface area contributed by atoms with Crippen LogP contribution in [0.3, 0.4) is 0 Å². The maximum atomic E-state index is 13.4. The third-order valence-electron chi connectivity index (χ3n) is 4.89. The summed E-state index contributed by atoms with van der Waals surface area (Å²) in [7, 11) is -4.10. The van der Waals surface area contributed by atoms with Crippen LogP contribution in [0, 0.1) is 0 Å². The van der Waals surface area contributed by atoms with Gasteiger partial charge in [0.2, 0.25) is 12.7 Å². The smallest absolute Gasteiger partial charge is 0.264 e. The van der Waals surface area contributed by atoms with Gasteiger partial charge in [-0.3, -0.25) is 13.9 Å². The first-order valence-corrected chi connectivity index (χ1v) is 11.9. The molecule has 11 heteroatoms. The number of rotatable bonds is 8. The highest BCUT2D eigenvalue weighted by Gasteiger charge is 2.27. The molecule has 0 radical (unpaired) electrons. The molecule has 3 aromatic rings. The Morgan fingerprint density at radius 2 is 1.71 bits per heavy atom. The van der Waals surface area contributed by atoms with E-state index in [-0.39, 0.29) is 17.6 Å². The molecule has 1 heterocycles. The van der Waals surface area contributed by atoms with Crippen LogP contribution in [0.1, 0.15) is 12.5 Å². The molecule has 0 atom stereocenters. The number of para-hydroxylation sites is 1. The Balaban J connectivity index is 1.50. The molecule has 1 aliphatic heterocycles. The average Bonchev–Trinajstić information content (AvgIpc) is 3.31. The Morgan fingerprint density at radius 3 is 2.43 bits per heavy atom. The second-order valence-corrected chi connectivity index (χ2v) is 9.32. The number of sulfonamides is 1. The Bertz CT molecular complexity index is 1360. The molecule has 2 N–H and O–H groups in total. The summed E-state index contributed by atoms with van der Waals surface area (Å²) in [6.45, 7) is 1.00. The van der Waals surface area contributed by atoms with Crippen molar-refractivity contribution in [3.63, 3.8) is 0 Å². The quantitative estimate of drug-likeness (QED) is 0.366. The van der Waals surface area contributed by atoms with Crippen molar-refractivity contribution in [3.05, 3.63) is 78.4 Å². The van der Waals surface area contributed by atoms with E-state index in [9.17, 15) is 18.0 Å².